The van der Waals surface area contributed by atoms with Crippen molar-refractivity contribution in [3.8, 4) is 0 Å². The lowest BCUT2D eigenvalue weighted by Gasteiger charge is -2.13. The van der Waals surface area contributed by atoms with E-state index in [1.165, 1.54) is 25.8 Å². The van der Waals surface area contributed by atoms with Crippen LogP contribution in [0.4, 0.5) is 0 Å². The van der Waals surface area contributed by atoms with Crippen LogP contribution in [-0.4, -0.2) is 38.6 Å². The summed E-state index contributed by atoms with van der Waals surface area (Å²) in [5.41, 5.74) is 0. The first-order chi connectivity index (χ1) is 6.18. The SMILES string of the molecule is CC1CCC(CNCCN(C)C)C1. The molecule has 1 N–H and O–H groups in total. The lowest BCUT2D eigenvalue weighted by Crippen LogP contribution is -2.29. The molecule has 0 amide bonds. The third kappa shape index (κ3) is 4.63. The standard InChI is InChI=1S/C11H24N2/c1-10-4-5-11(8-10)9-12-6-7-13(2)3/h10-12H,4-9H2,1-3H3. The van der Waals surface area contributed by atoms with Crippen molar-refractivity contribution in [2.45, 2.75) is 26.2 Å². The van der Waals surface area contributed by atoms with Crippen molar-refractivity contribution in [2.75, 3.05) is 33.7 Å². The first kappa shape index (κ1) is 11.0. The van der Waals surface area contributed by atoms with Crippen LogP contribution in [0.3, 0.4) is 0 Å². The Labute approximate surface area is 82.7 Å². The van der Waals surface area contributed by atoms with Crippen molar-refractivity contribution in [3.05, 3.63) is 0 Å². The second kappa shape index (κ2) is 5.61. The minimum atomic E-state index is 0.956. The van der Waals surface area contributed by atoms with Gasteiger partial charge in [0.15, 0.2) is 0 Å². The van der Waals surface area contributed by atoms with Gasteiger partial charge in [-0.3, -0.25) is 0 Å². The van der Waals surface area contributed by atoms with Crippen LogP contribution in [-0.2, 0) is 0 Å². The van der Waals surface area contributed by atoms with E-state index in [0.29, 0.717) is 0 Å². The molecule has 2 heteroatoms. The van der Waals surface area contributed by atoms with E-state index < -0.39 is 0 Å². The van der Waals surface area contributed by atoms with E-state index in [9.17, 15) is 0 Å². The molecule has 0 aromatic heterocycles. The Morgan fingerprint density at radius 2 is 2.08 bits per heavy atom. The summed E-state index contributed by atoms with van der Waals surface area (Å²) >= 11 is 0. The summed E-state index contributed by atoms with van der Waals surface area (Å²) in [7, 11) is 4.25. The fourth-order valence-electron chi connectivity index (χ4n) is 2.12. The number of nitrogens with one attached hydrogen (secondary N) is 1. The minimum absolute atomic E-state index is 0.956. The van der Waals surface area contributed by atoms with E-state index >= 15 is 0 Å². The van der Waals surface area contributed by atoms with Crippen LogP contribution in [0.1, 0.15) is 26.2 Å². The van der Waals surface area contributed by atoms with Crippen molar-refractivity contribution in [2.24, 2.45) is 11.8 Å². The van der Waals surface area contributed by atoms with Gasteiger partial charge in [-0.2, -0.15) is 0 Å². The van der Waals surface area contributed by atoms with Gasteiger partial charge in [-0.25, -0.2) is 0 Å². The Morgan fingerprint density at radius 1 is 1.31 bits per heavy atom. The fraction of sp³-hybridized carbons (Fsp3) is 1.00. The Bertz CT molecular complexity index is 134. The molecular weight excluding hydrogens is 160 g/mol. The third-order valence-electron chi connectivity index (χ3n) is 2.97. The molecule has 0 bridgehead atoms. The zero-order chi connectivity index (χ0) is 9.68. The molecule has 1 saturated carbocycles. The highest BCUT2D eigenvalue weighted by molar-refractivity contribution is 4.74. The quantitative estimate of drug-likeness (QED) is 0.653. The molecule has 2 unspecified atom stereocenters. The van der Waals surface area contributed by atoms with E-state index in [0.717, 1.165) is 24.9 Å². The molecule has 0 aromatic rings. The summed E-state index contributed by atoms with van der Waals surface area (Å²) in [5.74, 6) is 1.93. The molecule has 13 heavy (non-hydrogen) atoms. The summed E-state index contributed by atoms with van der Waals surface area (Å²) in [6.07, 6.45) is 4.32. The van der Waals surface area contributed by atoms with Crippen LogP contribution in [0.2, 0.25) is 0 Å². The molecule has 0 heterocycles. The highest BCUT2D eigenvalue weighted by atomic mass is 15.1. The van der Waals surface area contributed by atoms with E-state index in [2.05, 4.69) is 31.2 Å². The minimum Gasteiger partial charge on any atom is -0.315 e. The normalized spacial score (nSPS) is 28.6. The highest BCUT2D eigenvalue weighted by Crippen LogP contribution is 2.29. The third-order valence-corrected chi connectivity index (χ3v) is 2.97. The van der Waals surface area contributed by atoms with Crippen molar-refractivity contribution in [3.63, 3.8) is 0 Å². The van der Waals surface area contributed by atoms with Gasteiger partial charge in [-0.15, -0.1) is 0 Å². The number of nitrogens with zero attached hydrogens (tertiary/aromatic N) is 1. The molecule has 78 valence electrons. The average Bonchev–Trinajstić information content (AvgIpc) is 2.45. The van der Waals surface area contributed by atoms with Gasteiger partial charge in [-0.1, -0.05) is 13.3 Å². The van der Waals surface area contributed by atoms with Crippen molar-refractivity contribution >= 4 is 0 Å². The van der Waals surface area contributed by atoms with E-state index in [1.54, 1.807) is 0 Å². The van der Waals surface area contributed by atoms with Crippen LogP contribution in [0.15, 0.2) is 0 Å². The smallest absolute Gasteiger partial charge is 0.0101 e. The van der Waals surface area contributed by atoms with Crippen LogP contribution >= 0.6 is 0 Å². The maximum Gasteiger partial charge on any atom is 0.0101 e. The summed E-state index contributed by atoms with van der Waals surface area (Å²) < 4.78 is 0. The molecule has 0 aromatic carbocycles. The highest BCUT2D eigenvalue weighted by Gasteiger charge is 2.20. The molecule has 1 aliphatic rings. The van der Waals surface area contributed by atoms with Crippen molar-refractivity contribution in [1.29, 1.82) is 0 Å². The molecule has 0 spiro atoms. The molecule has 2 nitrogen and oxygen atoms in total. The second-order valence-corrected chi connectivity index (χ2v) is 4.79. The lowest BCUT2D eigenvalue weighted by molar-refractivity contribution is 0.385. The summed E-state index contributed by atoms with van der Waals surface area (Å²) in [5, 5.41) is 3.54. The Kier molecular flexibility index (Phi) is 4.74. The first-order valence-electron chi connectivity index (χ1n) is 5.54. The monoisotopic (exact) mass is 184 g/mol. The fourth-order valence-corrected chi connectivity index (χ4v) is 2.12. The van der Waals surface area contributed by atoms with E-state index in [4.69, 9.17) is 0 Å². The van der Waals surface area contributed by atoms with Crippen LogP contribution < -0.4 is 5.32 Å². The summed E-state index contributed by atoms with van der Waals surface area (Å²) in [6.45, 7) is 5.90. The maximum absolute atomic E-state index is 3.54. The van der Waals surface area contributed by atoms with Crippen LogP contribution in [0.5, 0.6) is 0 Å². The summed E-state index contributed by atoms with van der Waals surface area (Å²) in [6, 6.07) is 0. The zero-order valence-electron chi connectivity index (χ0n) is 9.34. The largest absolute Gasteiger partial charge is 0.315 e. The Hall–Kier alpha value is -0.0800. The Balaban J connectivity index is 1.94. The predicted octanol–water partition coefficient (Wildman–Crippen LogP) is 1.57. The molecule has 2 atom stereocenters. The van der Waals surface area contributed by atoms with Gasteiger partial charge in [0.2, 0.25) is 0 Å². The van der Waals surface area contributed by atoms with Crippen LogP contribution in [0.25, 0.3) is 0 Å². The molecule has 0 aliphatic heterocycles. The molecule has 1 aliphatic carbocycles. The average molecular weight is 184 g/mol. The van der Waals surface area contributed by atoms with Crippen LogP contribution in [0, 0.1) is 11.8 Å². The lowest BCUT2D eigenvalue weighted by atomic mass is 10.1. The van der Waals surface area contributed by atoms with Crippen molar-refractivity contribution in [1.82, 2.24) is 10.2 Å². The van der Waals surface area contributed by atoms with Gasteiger partial charge in [0.05, 0.1) is 0 Å². The number of hydrogen-bond acceptors (Lipinski definition) is 2. The summed E-state index contributed by atoms with van der Waals surface area (Å²) in [4.78, 5) is 2.23. The molecule has 0 saturated heterocycles. The second-order valence-electron chi connectivity index (χ2n) is 4.79. The molecule has 1 fully saturated rings. The predicted molar refractivity (Wildman–Crippen MR) is 57.9 cm³/mol. The van der Waals surface area contributed by atoms with Gasteiger partial charge in [0, 0.05) is 13.1 Å². The van der Waals surface area contributed by atoms with E-state index in [-0.39, 0.29) is 0 Å². The van der Waals surface area contributed by atoms with Gasteiger partial charge >= 0.3 is 0 Å². The molecular formula is C11H24N2. The van der Waals surface area contributed by atoms with Gasteiger partial charge in [0.25, 0.3) is 0 Å². The zero-order valence-corrected chi connectivity index (χ0v) is 9.34. The Morgan fingerprint density at radius 3 is 2.62 bits per heavy atom. The topological polar surface area (TPSA) is 15.3 Å². The maximum atomic E-state index is 3.54. The van der Waals surface area contributed by atoms with E-state index in [1.807, 2.05) is 0 Å². The van der Waals surface area contributed by atoms with Gasteiger partial charge in [0.1, 0.15) is 0 Å². The van der Waals surface area contributed by atoms with Gasteiger partial charge < -0.3 is 10.2 Å². The van der Waals surface area contributed by atoms with Gasteiger partial charge in [-0.05, 0) is 45.3 Å². The number of hydrogen-bond donors (Lipinski definition) is 1. The number of likely N-dealkylation sites (N-methyl/N-ethyl adjacent to an activating group) is 1. The first-order valence-corrected chi connectivity index (χ1v) is 5.54. The molecule has 0 radical (unpaired) electrons. The van der Waals surface area contributed by atoms with Crippen molar-refractivity contribution < 1.29 is 0 Å². The number of rotatable bonds is 5. The molecule has 1 rings (SSSR count).